The number of nitrogens with zero attached hydrogens (tertiary/aromatic N) is 2. The summed E-state index contributed by atoms with van der Waals surface area (Å²) in [7, 11) is 0. The van der Waals surface area contributed by atoms with Crippen LogP contribution in [0.3, 0.4) is 0 Å². The van der Waals surface area contributed by atoms with Crippen LogP contribution < -0.4 is 10.7 Å². The fourth-order valence-corrected chi connectivity index (χ4v) is 1.52. The second-order valence-corrected chi connectivity index (χ2v) is 3.78. The molecule has 1 aromatic carbocycles. The summed E-state index contributed by atoms with van der Waals surface area (Å²) in [5.41, 5.74) is 8.48. The molecule has 88 valence electrons. The first-order valence-corrected chi connectivity index (χ1v) is 5.39. The molecular weight excluding hydrogens is 202 g/mol. The molecule has 0 spiro atoms. The van der Waals surface area contributed by atoms with Gasteiger partial charge in [0.05, 0.1) is 5.69 Å². The molecule has 0 aliphatic rings. The predicted molar refractivity (Wildman–Crippen MR) is 67.8 cm³/mol. The van der Waals surface area contributed by atoms with Crippen molar-refractivity contribution in [2.24, 2.45) is 10.8 Å². The van der Waals surface area contributed by atoms with Gasteiger partial charge in [0, 0.05) is 18.8 Å². The number of hydrogen-bond acceptors (Lipinski definition) is 4. The smallest absolute Gasteiger partial charge is 0.116 e. The zero-order valence-electron chi connectivity index (χ0n) is 10.1. The molecule has 0 amide bonds. The third-order valence-corrected chi connectivity index (χ3v) is 2.18. The van der Waals surface area contributed by atoms with E-state index < -0.39 is 0 Å². The Balaban J connectivity index is 3.14. The lowest BCUT2D eigenvalue weighted by molar-refractivity contribution is 0.474. The largest absolute Gasteiger partial charge is 0.508 e. The molecule has 4 nitrogen and oxygen atoms in total. The zero-order valence-corrected chi connectivity index (χ0v) is 10.1. The fraction of sp³-hybridized carbons (Fsp3) is 0.417. The Hall–Kier alpha value is -1.55. The number of phenols is 1. The number of nitrogens with two attached hydrogens (primary N) is 1. The third-order valence-electron chi connectivity index (χ3n) is 2.18. The van der Waals surface area contributed by atoms with E-state index in [1.54, 1.807) is 12.1 Å². The van der Waals surface area contributed by atoms with E-state index in [0.29, 0.717) is 6.54 Å². The van der Waals surface area contributed by atoms with Gasteiger partial charge in [-0.05, 0) is 44.5 Å². The van der Waals surface area contributed by atoms with Crippen LogP contribution in [0.2, 0.25) is 0 Å². The summed E-state index contributed by atoms with van der Waals surface area (Å²) in [4.78, 5) is 0. The molecule has 0 aliphatic carbocycles. The number of anilines is 1. The highest BCUT2D eigenvalue weighted by atomic mass is 16.3. The first-order valence-electron chi connectivity index (χ1n) is 5.39. The van der Waals surface area contributed by atoms with E-state index in [4.69, 9.17) is 5.73 Å². The van der Waals surface area contributed by atoms with Crippen LogP contribution >= 0.6 is 0 Å². The Morgan fingerprint density at radius 1 is 1.44 bits per heavy atom. The Kier molecular flexibility index (Phi) is 4.31. The first kappa shape index (κ1) is 12.5. The maximum absolute atomic E-state index is 9.40. The molecule has 0 saturated carbocycles. The van der Waals surface area contributed by atoms with E-state index in [0.717, 1.165) is 23.5 Å². The second-order valence-electron chi connectivity index (χ2n) is 3.78. The fourth-order valence-electron chi connectivity index (χ4n) is 1.52. The number of rotatable bonds is 4. The summed E-state index contributed by atoms with van der Waals surface area (Å²) >= 11 is 0. The average Bonchev–Trinajstić information content (AvgIpc) is 2.25. The van der Waals surface area contributed by atoms with E-state index in [9.17, 15) is 5.11 Å². The molecule has 4 heteroatoms. The molecular formula is C12H19N3O. The van der Waals surface area contributed by atoms with Crippen molar-refractivity contribution in [3.05, 3.63) is 23.8 Å². The van der Waals surface area contributed by atoms with Crippen LogP contribution in [0.15, 0.2) is 23.3 Å². The average molecular weight is 221 g/mol. The lowest BCUT2D eigenvalue weighted by Crippen LogP contribution is -2.19. The van der Waals surface area contributed by atoms with Crippen LogP contribution in [-0.4, -0.2) is 17.4 Å². The minimum Gasteiger partial charge on any atom is -0.508 e. The number of hydrogen-bond donors (Lipinski definition) is 2. The van der Waals surface area contributed by atoms with Crippen molar-refractivity contribution in [2.45, 2.75) is 27.3 Å². The molecule has 0 aromatic heterocycles. The van der Waals surface area contributed by atoms with Crippen LogP contribution in [-0.2, 0) is 6.54 Å². The summed E-state index contributed by atoms with van der Waals surface area (Å²) in [6.07, 6.45) is 0. The molecule has 0 bridgehead atoms. The minimum atomic E-state index is 0.234. The van der Waals surface area contributed by atoms with Crippen LogP contribution in [0.4, 0.5) is 5.69 Å². The molecule has 0 radical (unpaired) electrons. The van der Waals surface area contributed by atoms with Gasteiger partial charge in [0.1, 0.15) is 5.75 Å². The van der Waals surface area contributed by atoms with Gasteiger partial charge in [-0.25, -0.2) is 0 Å². The Morgan fingerprint density at radius 3 is 2.62 bits per heavy atom. The lowest BCUT2D eigenvalue weighted by atomic mass is 10.1. The summed E-state index contributed by atoms with van der Waals surface area (Å²) in [6, 6.07) is 5.17. The Morgan fingerprint density at radius 2 is 2.12 bits per heavy atom. The van der Waals surface area contributed by atoms with Crippen molar-refractivity contribution < 1.29 is 5.11 Å². The molecule has 1 rings (SSSR count). The predicted octanol–water partition coefficient (Wildman–Crippen LogP) is 2.07. The Labute approximate surface area is 96.4 Å². The normalized spacial score (nSPS) is 10.0. The SMILES string of the molecule is CCN(N=C(C)C)c1ccc(O)cc1CN. The summed E-state index contributed by atoms with van der Waals surface area (Å²) in [5.74, 6) is 0.234. The van der Waals surface area contributed by atoms with Crippen molar-refractivity contribution in [1.82, 2.24) is 0 Å². The number of phenolic OH excluding ortho intramolecular Hbond substituents is 1. The zero-order chi connectivity index (χ0) is 12.1. The van der Waals surface area contributed by atoms with Crippen LogP contribution in [0.25, 0.3) is 0 Å². The summed E-state index contributed by atoms with van der Waals surface area (Å²) in [6.45, 7) is 7.08. The van der Waals surface area contributed by atoms with Crippen molar-refractivity contribution >= 4 is 11.4 Å². The molecule has 1 aromatic rings. The van der Waals surface area contributed by atoms with Gasteiger partial charge in [0.2, 0.25) is 0 Å². The number of hydrazone groups is 1. The van der Waals surface area contributed by atoms with Crippen LogP contribution in [0, 0.1) is 0 Å². The van der Waals surface area contributed by atoms with Gasteiger partial charge in [-0.2, -0.15) is 5.10 Å². The highest BCUT2D eigenvalue weighted by Crippen LogP contribution is 2.24. The molecule has 0 unspecified atom stereocenters. The maximum atomic E-state index is 9.40. The van der Waals surface area contributed by atoms with E-state index >= 15 is 0 Å². The van der Waals surface area contributed by atoms with Crippen LogP contribution in [0.5, 0.6) is 5.75 Å². The van der Waals surface area contributed by atoms with Crippen molar-refractivity contribution in [3.63, 3.8) is 0 Å². The molecule has 3 N–H and O–H groups in total. The monoisotopic (exact) mass is 221 g/mol. The quantitative estimate of drug-likeness (QED) is 0.604. The van der Waals surface area contributed by atoms with Gasteiger partial charge in [-0.15, -0.1) is 0 Å². The highest BCUT2D eigenvalue weighted by molar-refractivity contribution is 5.80. The van der Waals surface area contributed by atoms with E-state index in [1.807, 2.05) is 31.8 Å². The lowest BCUT2D eigenvalue weighted by Gasteiger charge is -2.20. The first-order chi connectivity index (χ1) is 7.58. The standard InChI is InChI=1S/C12H19N3O/c1-4-15(14-9(2)3)12-6-5-11(16)7-10(12)8-13/h5-7,16H,4,8,13H2,1-3H3. The topological polar surface area (TPSA) is 61.8 Å². The van der Waals surface area contributed by atoms with Gasteiger partial charge in [0.25, 0.3) is 0 Å². The Bertz CT molecular complexity index is 384. The van der Waals surface area contributed by atoms with Gasteiger partial charge < -0.3 is 10.8 Å². The van der Waals surface area contributed by atoms with Gasteiger partial charge in [0.15, 0.2) is 0 Å². The molecule has 16 heavy (non-hydrogen) atoms. The van der Waals surface area contributed by atoms with Gasteiger partial charge in [-0.1, -0.05) is 0 Å². The van der Waals surface area contributed by atoms with Crippen LogP contribution in [0.1, 0.15) is 26.3 Å². The second kappa shape index (κ2) is 5.51. The van der Waals surface area contributed by atoms with E-state index in [-0.39, 0.29) is 5.75 Å². The summed E-state index contributed by atoms with van der Waals surface area (Å²) < 4.78 is 0. The molecule has 0 heterocycles. The molecule has 0 saturated heterocycles. The van der Waals surface area contributed by atoms with E-state index in [2.05, 4.69) is 5.10 Å². The van der Waals surface area contributed by atoms with Gasteiger partial charge in [-0.3, -0.25) is 5.01 Å². The molecule has 0 aliphatic heterocycles. The van der Waals surface area contributed by atoms with E-state index in [1.165, 1.54) is 0 Å². The minimum absolute atomic E-state index is 0.234. The van der Waals surface area contributed by atoms with Crippen molar-refractivity contribution in [3.8, 4) is 5.75 Å². The van der Waals surface area contributed by atoms with Crippen molar-refractivity contribution in [2.75, 3.05) is 11.6 Å². The number of aromatic hydroxyl groups is 1. The highest BCUT2D eigenvalue weighted by Gasteiger charge is 2.08. The number of benzene rings is 1. The maximum Gasteiger partial charge on any atom is 0.116 e. The van der Waals surface area contributed by atoms with Crippen molar-refractivity contribution in [1.29, 1.82) is 0 Å². The summed E-state index contributed by atoms with van der Waals surface area (Å²) in [5, 5.41) is 15.7. The molecule has 0 fully saturated rings. The molecule has 0 atom stereocenters. The third kappa shape index (κ3) is 2.97. The van der Waals surface area contributed by atoms with Gasteiger partial charge >= 0.3 is 0 Å².